The number of aryl methyl sites for hydroxylation is 4. The Balaban J connectivity index is 0.000000218. The molecule has 73 heavy (non-hydrogen) atoms. The van der Waals surface area contributed by atoms with E-state index in [-0.39, 0.29) is 39.9 Å². The van der Waals surface area contributed by atoms with E-state index in [0.717, 1.165) is 82.3 Å². The number of anilines is 4. The lowest BCUT2D eigenvalue weighted by Gasteiger charge is -2.25. The van der Waals surface area contributed by atoms with Gasteiger partial charge in [0.15, 0.2) is 0 Å². The van der Waals surface area contributed by atoms with Crippen LogP contribution in [0.15, 0.2) is 81.8 Å². The molecule has 4 heterocycles. The first-order valence-corrected chi connectivity index (χ1v) is 25.2. The Hall–Kier alpha value is -6.49. The maximum Gasteiger partial charge on any atom is 0.410 e. The van der Waals surface area contributed by atoms with Crippen LogP contribution in [-0.4, -0.2) is 77.0 Å². The maximum atomic E-state index is 13.9. The number of amides is 3. The topological polar surface area (TPSA) is 176 Å². The van der Waals surface area contributed by atoms with Gasteiger partial charge in [0, 0.05) is 54.7 Å². The Morgan fingerprint density at radius 2 is 1.19 bits per heavy atom. The molecule has 2 aromatic heterocycles. The number of nitrogens with zero attached hydrogens (tertiary/aromatic N) is 3. The molecule has 2 saturated heterocycles. The lowest BCUT2D eigenvalue weighted by molar-refractivity contribution is -0.120. The van der Waals surface area contributed by atoms with Crippen molar-refractivity contribution in [1.29, 1.82) is 0 Å². The molecule has 3 amide bonds. The van der Waals surface area contributed by atoms with Crippen LogP contribution in [0.4, 0.5) is 36.3 Å². The Morgan fingerprint density at radius 1 is 0.712 bits per heavy atom. The molecule has 5 N–H and O–H groups in total. The number of likely N-dealkylation sites (tertiary alicyclic amines) is 1. The van der Waals surface area contributed by atoms with Gasteiger partial charge in [-0.15, -0.1) is 0 Å². The number of hydrogen-bond donors (Lipinski definition) is 5. The fraction of sp³-hybridized carbons (Fsp3) is 0.400. The summed E-state index contributed by atoms with van der Waals surface area (Å²) >= 11 is 11.6. The number of carbonyl (C=O) groups is 3. The minimum atomic E-state index is -0.567. The van der Waals surface area contributed by atoms with E-state index in [1.807, 2.05) is 91.8 Å². The minimum absolute atomic E-state index is 0.0254. The highest BCUT2D eigenvalue weighted by atomic mass is 35.5. The van der Waals surface area contributed by atoms with Gasteiger partial charge in [0.2, 0.25) is 11.8 Å². The number of halogens is 4. The standard InChI is InChI=1S/C30H36ClFN4O4.C25H28ClFN4O2/c1-17(13-20-7-9-23(31)24(32)14-20)28(37)34-26-15-21(27-18(2)35-40-19(27)3)8-10-25(26)33-22-11-12-36(16-22)29(38)39-30(4,5)6;1-14(10-17-4-6-20(26)21(27)11-17)25(32)30-23-12-18(24-15(2)31-33-16(24)3)5-7-22(23)29-19-8-9-28-13-19/h7-10,14-15,17,22,33H,11-13,16H2,1-6H3,(H,34,37);4-7,11-12,14,19,28-29H,8-10,13H2,1-3H3,(H,30,32)/t17-,22+;14-,19+/m11/s1. The highest BCUT2D eigenvalue weighted by molar-refractivity contribution is 6.31. The van der Waals surface area contributed by atoms with Crippen LogP contribution in [0.2, 0.25) is 10.0 Å². The van der Waals surface area contributed by atoms with E-state index in [0.29, 0.717) is 54.7 Å². The minimum Gasteiger partial charge on any atom is -0.444 e. The second-order valence-corrected chi connectivity index (χ2v) is 20.8. The molecule has 18 heteroatoms. The van der Waals surface area contributed by atoms with Crippen molar-refractivity contribution in [3.8, 4) is 22.3 Å². The second-order valence-electron chi connectivity index (χ2n) is 20.0. The normalized spacial score (nSPS) is 16.3. The Labute approximate surface area is 435 Å². The molecule has 6 aromatic rings. The summed E-state index contributed by atoms with van der Waals surface area (Å²) in [5.41, 5.74) is 8.81. The lowest BCUT2D eigenvalue weighted by atomic mass is 9.99. The van der Waals surface area contributed by atoms with Gasteiger partial charge in [0.1, 0.15) is 28.8 Å². The number of nitrogens with one attached hydrogen (secondary N) is 5. The van der Waals surface area contributed by atoms with Crippen LogP contribution in [0, 0.1) is 51.2 Å². The highest BCUT2D eigenvalue weighted by Crippen LogP contribution is 2.36. The summed E-state index contributed by atoms with van der Waals surface area (Å²) in [6.07, 6.45) is 2.15. The van der Waals surface area contributed by atoms with E-state index in [1.54, 1.807) is 24.0 Å². The molecule has 0 bridgehead atoms. The van der Waals surface area contributed by atoms with Crippen LogP contribution in [0.5, 0.6) is 0 Å². The Bertz CT molecular complexity index is 2910. The van der Waals surface area contributed by atoms with Gasteiger partial charge in [0.05, 0.1) is 44.2 Å². The summed E-state index contributed by atoms with van der Waals surface area (Å²) < 4.78 is 44.0. The molecule has 0 saturated carbocycles. The molecule has 8 rings (SSSR count). The zero-order chi connectivity index (χ0) is 52.7. The lowest BCUT2D eigenvalue weighted by Crippen LogP contribution is -2.36. The quantitative estimate of drug-likeness (QED) is 0.0702. The van der Waals surface area contributed by atoms with E-state index in [2.05, 4.69) is 36.9 Å². The summed E-state index contributed by atoms with van der Waals surface area (Å²) in [4.78, 5) is 40.6. The monoisotopic (exact) mass is 1040 g/mol. The highest BCUT2D eigenvalue weighted by Gasteiger charge is 2.31. The average Bonchev–Trinajstić information content (AvgIpc) is 4.16. The fourth-order valence-corrected chi connectivity index (χ4v) is 9.21. The van der Waals surface area contributed by atoms with Crippen molar-refractivity contribution >= 4 is 63.9 Å². The van der Waals surface area contributed by atoms with E-state index in [1.165, 1.54) is 24.3 Å². The summed E-state index contributed by atoms with van der Waals surface area (Å²) in [5.74, 6) is -0.751. The number of carbonyl (C=O) groups excluding carboxylic acids is 3. The number of aromatic nitrogens is 2. The van der Waals surface area contributed by atoms with Crippen molar-refractivity contribution in [1.82, 2.24) is 20.5 Å². The third kappa shape index (κ3) is 14.2. The molecular formula is C55H64Cl2F2N8O6. The van der Waals surface area contributed by atoms with Crippen LogP contribution < -0.4 is 26.6 Å². The number of benzene rings is 4. The van der Waals surface area contributed by atoms with Gasteiger partial charge in [-0.25, -0.2) is 13.6 Å². The molecule has 4 aromatic carbocycles. The average molecular weight is 1040 g/mol. The molecular weight excluding hydrogens is 978 g/mol. The van der Waals surface area contributed by atoms with Crippen LogP contribution in [0.3, 0.4) is 0 Å². The Kier molecular flexibility index (Phi) is 17.5. The number of rotatable bonds is 14. The first-order valence-electron chi connectivity index (χ1n) is 24.5. The predicted molar refractivity (Wildman–Crippen MR) is 283 cm³/mol. The predicted octanol–water partition coefficient (Wildman–Crippen LogP) is 12.3. The van der Waals surface area contributed by atoms with Crippen molar-refractivity contribution in [2.45, 2.75) is 106 Å². The molecule has 0 aliphatic carbocycles. The molecule has 0 radical (unpaired) electrons. The number of ether oxygens (including phenoxy) is 1. The molecule has 388 valence electrons. The van der Waals surface area contributed by atoms with E-state index in [9.17, 15) is 23.2 Å². The fourth-order valence-electron chi connectivity index (χ4n) is 8.97. The smallest absolute Gasteiger partial charge is 0.410 e. The van der Waals surface area contributed by atoms with Gasteiger partial charge in [-0.1, -0.05) is 71.6 Å². The Morgan fingerprint density at radius 3 is 1.60 bits per heavy atom. The van der Waals surface area contributed by atoms with Crippen LogP contribution in [0.1, 0.15) is 81.5 Å². The maximum absolute atomic E-state index is 13.9. The van der Waals surface area contributed by atoms with Crippen molar-refractivity contribution < 1.29 is 36.9 Å². The van der Waals surface area contributed by atoms with Crippen LogP contribution in [0.25, 0.3) is 22.3 Å². The van der Waals surface area contributed by atoms with Gasteiger partial charge in [0.25, 0.3) is 0 Å². The van der Waals surface area contributed by atoms with Gasteiger partial charge in [-0.3, -0.25) is 9.59 Å². The van der Waals surface area contributed by atoms with Crippen molar-refractivity contribution in [2.75, 3.05) is 47.4 Å². The molecule has 0 unspecified atom stereocenters. The summed E-state index contributed by atoms with van der Waals surface area (Å²) in [6, 6.07) is 21.2. The van der Waals surface area contributed by atoms with Gasteiger partial charge in [-0.2, -0.15) is 0 Å². The van der Waals surface area contributed by atoms with Gasteiger partial charge < -0.3 is 45.3 Å². The van der Waals surface area contributed by atoms with E-state index < -0.39 is 23.2 Å². The molecule has 0 spiro atoms. The van der Waals surface area contributed by atoms with E-state index in [4.69, 9.17) is 37.0 Å². The van der Waals surface area contributed by atoms with Crippen molar-refractivity contribution in [3.05, 3.63) is 129 Å². The van der Waals surface area contributed by atoms with Crippen molar-refractivity contribution in [2.24, 2.45) is 11.8 Å². The van der Waals surface area contributed by atoms with E-state index >= 15 is 0 Å². The SMILES string of the molecule is Cc1noc(C)c1-c1ccc(N[C@H]2CCN(C(=O)OC(C)(C)C)C2)c(NC(=O)[C@H](C)Cc2ccc(Cl)c(F)c2)c1.Cc1noc(C)c1-c1ccc(N[C@H]2CCNC2)c(NC(=O)[C@H](C)Cc2ccc(Cl)c(F)c2)c1. The molecule has 4 atom stereocenters. The zero-order valence-corrected chi connectivity index (χ0v) is 44.2. The van der Waals surface area contributed by atoms with Crippen molar-refractivity contribution in [3.63, 3.8) is 0 Å². The summed E-state index contributed by atoms with van der Waals surface area (Å²) in [6.45, 7) is 19.5. The third-order valence-electron chi connectivity index (χ3n) is 12.8. The zero-order valence-electron chi connectivity index (χ0n) is 42.7. The van der Waals surface area contributed by atoms with Gasteiger partial charge >= 0.3 is 6.09 Å². The van der Waals surface area contributed by atoms with Gasteiger partial charge in [-0.05, 0) is 151 Å². The summed E-state index contributed by atoms with van der Waals surface area (Å²) in [5, 5.41) is 24.8. The number of hydrogen-bond acceptors (Lipinski definition) is 11. The first kappa shape index (κ1) is 54.3. The largest absolute Gasteiger partial charge is 0.444 e. The molecule has 2 fully saturated rings. The van der Waals surface area contributed by atoms with Crippen LogP contribution >= 0.6 is 23.2 Å². The molecule has 2 aliphatic heterocycles. The molecule has 2 aliphatic rings. The first-order chi connectivity index (χ1) is 34.6. The molecule has 14 nitrogen and oxygen atoms in total. The summed E-state index contributed by atoms with van der Waals surface area (Å²) in [7, 11) is 0. The third-order valence-corrected chi connectivity index (χ3v) is 13.4. The van der Waals surface area contributed by atoms with Crippen LogP contribution in [-0.2, 0) is 27.2 Å². The second kappa shape index (κ2) is 23.6.